The van der Waals surface area contributed by atoms with Crippen molar-refractivity contribution in [2.45, 2.75) is 51.5 Å². The molecule has 2 heterocycles. The zero-order valence-electron chi connectivity index (χ0n) is 18.5. The van der Waals surface area contributed by atoms with Gasteiger partial charge in [0.2, 0.25) is 0 Å². The van der Waals surface area contributed by atoms with Crippen molar-refractivity contribution in [3.8, 4) is 5.75 Å². The largest absolute Gasteiger partial charge is 0.487 e. The molecule has 0 bridgehead atoms. The third-order valence-electron chi connectivity index (χ3n) is 6.45. The minimum Gasteiger partial charge on any atom is -0.487 e. The lowest BCUT2D eigenvalue weighted by molar-refractivity contribution is 0.137. The lowest BCUT2D eigenvalue weighted by Gasteiger charge is -2.39. The molecule has 0 amide bonds. The Bertz CT molecular complexity index is 958. The SMILES string of the molecule is Cc1c(C)c(N2CCN(c3ccc(S(C)=O)cc3)CC2)c(C)c2c1OC(C)(C)C2. The lowest BCUT2D eigenvalue weighted by Crippen LogP contribution is -2.47. The minimum absolute atomic E-state index is 0.115. The number of rotatable bonds is 3. The number of benzene rings is 2. The average Bonchev–Trinajstić information content (AvgIpc) is 3.03. The van der Waals surface area contributed by atoms with E-state index in [0.29, 0.717) is 0 Å². The molecule has 0 aliphatic carbocycles. The number of hydrogen-bond donors (Lipinski definition) is 0. The molecule has 1 atom stereocenters. The molecule has 1 unspecified atom stereocenters. The molecule has 2 aromatic rings. The van der Waals surface area contributed by atoms with Gasteiger partial charge >= 0.3 is 0 Å². The highest BCUT2D eigenvalue weighted by Crippen LogP contribution is 2.45. The van der Waals surface area contributed by atoms with Crippen molar-refractivity contribution >= 4 is 22.2 Å². The third-order valence-corrected chi connectivity index (χ3v) is 7.39. The maximum Gasteiger partial charge on any atom is 0.127 e. The van der Waals surface area contributed by atoms with Crippen LogP contribution in [0.5, 0.6) is 5.75 Å². The summed E-state index contributed by atoms with van der Waals surface area (Å²) in [6, 6.07) is 8.17. The summed E-state index contributed by atoms with van der Waals surface area (Å²) in [5.41, 5.74) is 7.91. The number of ether oxygens (including phenoxy) is 1. The lowest BCUT2D eigenvalue weighted by atomic mass is 9.92. The van der Waals surface area contributed by atoms with Gasteiger partial charge in [-0.25, -0.2) is 0 Å². The molecule has 0 spiro atoms. The molecule has 4 nitrogen and oxygen atoms in total. The summed E-state index contributed by atoms with van der Waals surface area (Å²) in [6.07, 6.45) is 2.70. The molecule has 1 fully saturated rings. The van der Waals surface area contributed by atoms with Crippen molar-refractivity contribution < 1.29 is 8.95 Å². The van der Waals surface area contributed by atoms with Crippen LogP contribution in [0.15, 0.2) is 29.2 Å². The molecule has 5 heteroatoms. The van der Waals surface area contributed by atoms with E-state index >= 15 is 0 Å². The fourth-order valence-corrected chi connectivity index (χ4v) is 5.29. The molecule has 0 N–H and O–H groups in total. The topological polar surface area (TPSA) is 32.8 Å². The van der Waals surface area contributed by atoms with Gasteiger partial charge in [-0.2, -0.15) is 0 Å². The van der Waals surface area contributed by atoms with Gasteiger partial charge in [0.1, 0.15) is 11.4 Å². The summed E-state index contributed by atoms with van der Waals surface area (Å²) in [7, 11) is -0.923. The molecule has 2 aliphatic heterocycles. The Morgan fingerprint density at radius 2 is 1.48 bits per heavy atom. The molecule has 2 aromatic carbocycles. The first kappa shape index (κ1) is 20.3. The second kappa shape index (κ2) is 7.35. The standard InChI is InChI=1S/C24H32N2O2S/c1-16-17(2)23-21(15-24(4,5)28-23)18(3)22(16)26-13-11-25(12-14-26)19-7-9-20(10-8-19)29(6)27/h7-10H,11-15H2,1-6H3. The van der Waals surface area contributed by atoms with Crippen LogP contribution in [-0.4, -0.2) is 42.2 Å². The maximum absolute atomic E-state index is 11.6. The van der Waals surface area contributed by atoms with Crippen LogP contribution in [0.3, 0.4) is 0 Å². The summed E-state index contributed by atoms with van der Waals surface area (Å²) in [5.74, 6) is 1.11. The Morgan fingerprint density at radius 3 is 2.07 bits per heavy atom. The van der Waals surface area contributed by atoms with Crippen LogP contribution < -0.4 is 14.5 Å². The highest BCUT2D eigenvalue weighted by atomic mass is 32.2. The Labute approximate surface area is 177 Å². The van der Waals surface area contributed by atoms with Crippen LogP contribution in [0.2, 0.25) is 0 Å². The number of anilines is 2. The number of hydrogen-bond acceptors (Lipinski definition) is 4. The van der Waals surface area contributed by atoms with Gasteiger partial charge in [-0.15, -0.1) is 0 Å². The van der Waals surface area contributed by atoms with Crippen molar-refractivity contribution in [3.05, 3.63) is 46.5 Å². The minimum atomic E-state index is -0.923. The molecule has 0 aromatic heterocycles. The summed E-state index contributed by atoms with van der Waals surface area (Å²) in [5, 5.41) is 0. The van der Waals surface area contributed by atoms with Crippen molar-refractivity contribution in [2.75, 3.05) is 42.2 Å². The molecule has 156 valence electrons. The summed E-state index contributed by atoms with van der Waals surface area (Å²) >= 11 is 0. The van der Waals surface area contributed by atoms with Crippen molar-refractivity contribution in [3.63, 3.8) is 0 Å². The summed E-state index contributed by atoms with van der Waals surface area (Å²) in [6.45, 7) is 15.1. The highest BCUT2D eigenvalue weighted by Gasteiger charge is 2.35. The van der Waals surface area contributed by atoms with Gasteiger partial charge in [0.15, 0.2) is 0 Å². The Balaban J connectivity index is 1.55. The van der Waals surface area contributed by atoms with Gasteiger partial charge < -0.3 is 14.5 Å². The fraction of sp³-hybridized carbons (Fsp3) is 0.500. The molecule has 0 radical (unpaired) electrons. The first-order chi connectivity index (χ1) is 13.7. The average molecular weight is 413 g/mol. The predicted octanol–water partition coefficient (Wildman–Crippen LogP) is 4.39. The van der Waals surface area contributed by atoms with Gasteiger partial charge in [-0.3, -0.25) is 4.21 Å². The van der Waals surface area contributed by atoms with E-state index in [-0.39, 0.29) is 5.60 Å². The van der Waals surface area contributed by atoms with Crippen LogP contribution in [0.1, 0.15) is 36.1 Å². The highest BCUT2D eigenvalue weighted by molar-refractivity contribution is 7.84. The van der Waals surface area contributed by atoms with Gasteiger partial charge in [-0.1, -0.05) is 0 Å². The smallest absolute Gasteiger partial charge is 0.127 e. The van der Waals surface area contributed by atoms with Crippen LogP contribution in [-0.2, 0) is 17.2 Å². The van der Waals surface area contributed by atoms with E-state index in [4.69, 9.17) is 4.74 Å². The van der Waals surface area contributed by atoms with Crippen molar-refractivity contribution in [2.24, 2.45) is 0 Å². The number of nitrogens with zero attached hydrogens (tertiary/aromatic N) is 2. The Hall–Kier alpha value is -2.01. The second-order valence-corrected chi connectivity index (χ2v) is 10.4. The van der Waals surface area contributed by atoms with Crippen LogP contribution in [0, 0.1) is 20.8 Å². The first-order valence-corrected chi connectivity index (χ1v) is 12.0. The third kappa shape index (κ3) is 3.65. The molecule has 1 saturated heterocycles. The van der Waals surface area contributed by atoms with Crippen molar-refractivity contribution in [1.82, 2.24) is 0 Å². The molecule has 4 rings (SSSR count). The van der Waals surface area contributed by atoms with E-state index in [1.807, 2.05) is 12.1 Å². The maximum atomic E-state index is 11.6. The van der Waals surface area contributed by atoms with E-state index in [9.17, 15) is 4.21 Å². The Morgan fingerprint density at radius 1 is 0.897 bits per heavy atom. The zero-order valence-corrected chi connectivity index (χ0v) is 19.3. The number of fused-ring (bicyclic) bond motifs is 1. The normalized spacial score (nSPS) is 19.1. The van der Waals surface area contributed by atoms with Gasteiger partial charge in [0, 0.05) is 71.5 Å². The monoisotopic (exact) mass is 412 g/mol. The second-order valence-electron chi connectivity index (χ2n) is 8.99. The van der Waals surface area contributed by atoms with E-state index < -0.39 is 10.8 Å². The predicted molar refractivity (Wildman–Crippen MR) is 122 cm³/mol. The van der Waals surface area contributed by atoms with Crippen LogP contribution in [0.25, 0.3) is 0 Å². The van der Waals surface area contributed by atoms with E-state index in [2.05, 4.69) is 56.6 Å². The molecule has 2 aliphatic rings. The molecular formula is C24H32N2O2S. The Kier molecular flexibility index (Phi) is 5.14. The summed E-state index contributed by atoms with van der Waals surface area (Å²) < 4.78 is 17.9. The number of piperazine rings is 1. The van der Waals surface area contributed by atoms with E-state index in [1.165, 1.54) is 33.6 Å². The molecule has 0 saturated carbocycles. The summed E-state index contributed by atoms with van der Waals surface area (Å²) in [4.78, 5) is 5.86. The molecular weight excluding hydrogens is 380 g/mol. The van der Waals surface area contributed by atoms with E-state index in [1.54, 1.807) is 6.26 Å². The van der Waals surface area contributed by atoms with Crippen LogP contribution >= 0.6 is 0 Å². The van der Waals surface area contributed by atoms with Crippen molar-refractivity contribution in [1.29, 1.82) is 0 Å². The fourth-order valence-electron chi connectivity index (χ4n) is 4.77. The zero-order chi connectivity index (χ0) is 20.9. The van der Waals surface area contributed by atoms with Gasteiger partial charge in [0.05, 0.1) is 0 Å². The van der Waals surface area contributed by atoms with Crippen LogP contribution in [0.4, 0.5) is 11.4 Å². The quantitative estimate of drug-likeness (QED) is 0.749. The first-order valence-electron chi connectivity index (χ1n) is 10.4. The van der Waals surface area contributed by atoms with Gasteiger partial charge in [0.25, 0.3) is 0 Å². The van der Waals surface area contributed by atoms with Gasteiger partial charge in [-0.05, 0) is 75.6 Å². The van der Waals surface area contributed by atoms with E-state index in [0.717, 1.165) is 43.2 Å². The molecule has 29 heavy (non-hydrogen) atoms.